The molecule has 0 radical (unpaired) electrons. The second-order valence-corrected chi connectivity index (χ2v) is 8.15. The van der Waals surface area contributed by atoms with Crippen molar-refractivity contribution in [2.45, 2.75) is 43.2 Å². The Hall–Kier alpha value is -2.53. The van der Waals surface area contributed by atoms with Crippen LogP contribution in [0, 0.1) is 0 Å². The van der Waals surface area contributed by atoms with Gasteiger partial charge in [0.15, 0.2) is 11.5 Å². The number of nitrogens with zero attached hydrogens (tertiary/aromatic N) is 1. The normalized spacial score (nSPS) is 26.6. The maximum absolute atomic E-state index is 12.9. The van der Waals surface area contributed by atoms with Crippen LogP contribution in [0.2, 0.25) is 0 Å². The van der Waals surface area contributed by atoms with Gasteiger partial charge in [0, 0.05) is 23.6 Å². The molecule has 5 nitrogen and oxygen atoms in total. The number of para-hydroxylation sites is 1. The Morgan fingerprint density at radius 2 is 1.86 bits per heavy atom. The number of ether oxygens (including phenoxy) is 3. The second kappa shape index (κ2) is 8.07. The molecule has 2 aromatic rings. The lowest BCUT2D eigenvalue weighted by Gasteiger charge is -2.53. The Morgan fingerprint density at radius 1 is 1.07 bits per heavy atom. The number of hydrogen-bond donors (Lipinski definition) is 0. The lowest BCUT2D eigenvalue weighted by atomic mass is 9.61. The van der Waals surface area contributed by atoms with Crippen molar-refractivity contribution in [3.8, 4) is 11.5 Å². The van der Waals surface area contributed by atoms with Gasteiger partial charge < -0.3 is 14.2 Å². The average molecular weight is 395 g/mol. The standard InChI is InChI=1S/C24H29NO4/c1-25-16-21(29-23(26)17-9-5-4-6-10-17)24(14-8-11-18(25)15-24)19-12-7-13-20(27-2)22(19)28-3/h4-7,9-10,12-13,18,21H,8,11,14-16H2,1-3H3. The Bertz CT molecular complexity index is 868. The fourth-order valence-electron chi connectivity index (χ4n) is 5.15. The van der Waals surface area contributed by atoms with E-state index in [1.54, 1.807) is 26.4 Å². The van der Waals surface area contributed by atoms with E-state index in [0.29, 0.717) is 23.9 Å². The molecular formula is C24H29NO4. The first-order valence-corrected chi connectivity index (χ1v) is 10.3. The SMILES string of the molecule is COc1cccc(C23CCCC(C2)N(C)CC3OC(=O)c2ccccc2)c1OC. The first-order valence-electron chi connectivity index (χ1n) is 10.3. The van der Waals surface area contributed by atoms with E-state index in [2.05, 4.69) is 18.0 Å². The Labute approximate surface area is 172 Å². The molecule has 3 atom stereocenters. The van der Waals surface area contributed by atoms with Gasteiger partial charge in [-0.05, 0) is 44.5 Å². The molecule has 2 fully saturated rings. The van der Waals surface area contributed by atoms with E-state index in [9.17, 15) is 4.79 Å². The number of likely N-dealkylation sites (tertiary alicyclic amines) is 1. The Kier molecular flexibility index (Phi) is 5.50. The second-order valence-electron chi connectivity index (χ2n) is 8.15. The summed E-state index contributed by atoms with van der Waals surface area (Å²) in [5.41, 5.74) is 1.39. The first kappa shape index (κ1) is 19.8. The maximum atomic E-state index is 12.9. The highest BCUT2D eigenvalue weighted by atomic mass is 16.5. The molecule has 1 aliphatic heterocycles. The van der Waals surface area contributed by atoms with Crippen LogP contribution in [0.15, 0.2) is 48.5 Å². The predicted octanol–water partition coefficient (Wildman–Crippen LogP) is 4.06. The molecule has 2 aliphatic rings. The highest BCUT2D eigenvalue weighted by molar-refractivity contribution is 5.89. The molecule has 1 aliphatic carbocycles. The number of fused-ring (bicyclic) bond motifs is 2. The van der Waals surface area contributed by atoms with Crippen molar-refractivity contribution in [2.24, 2.45) is 0 Å². The van der Waals surface area contributed by atoms with Crippen LogP contribution in [-0.4, -0.2) is 50.8 Å². The fraction of sp³-hybridized carbons (Fsp3) is 0.458. The van der Waals surface area contributed by atoms with Gasteiger partial charge in [-0.2, -0.15) is 0 Å². The molecule has 2 bridgehead atoms. The fourth-order valence-corrected chi connectivity index (χ4v) is 5.15. The third kappa shape index (κ3) is 3.48. The van der Waals surface area contributed by atoms with Crippen LogP contribution in [-0.2, 0) is 10.2 Å². The van der Waals surface area contributed by atoms with Crippen molar-refractivity contribution in [1.82, 2.24) is 4.90 Å². The van der Waals surface area contributed by atoms with Crippen molar-refractivity contribution in [3.05, 3.63) is 59.7 Å². The number of carbonyl (C=O) groups excluding carboxylic acids is 1. The minimum Gasteiger partial charge on any atom is -0.493 e. The molecule has 0 amide bonds. The lowest BCUT2D eigenvalue weighted by molar-refractivity contribution is -0.0619. The van der Waals surface area contributed by atoms with Gasteiger partial charge >= 0.3 is 5.97 Å². The van der Waals surface area contributed by atoms with Crippen LogP contribution < -0.4 is 9.47 Å². The van der Waals surface area contributed by atoms with Crippen LogP contribution in [0.4, 0.5) is 0 Å². The number of carbonyl (C=O) groups is 1. The van der Waals surface area contributed by atoms with Crippen molar-refractivity contribution in [2.75, 3.05) is 27.8 Å². The van der Waals surface area contributed by atoms with E-state index in [1.807, 2.05) is 30.3 Å². The van der Waals surface area contributed by atoms with Crippen LogP contribution in [0.3, 0.4) is 0 Å². The van der Waals surface area contributed by atoms with Crippen LogP contribution in [0.1, 0.15) is 41.6 Å². The first-order chi connectivity index (χ1) is 14.1. The molecule has 29 heavy (non-hydrogen) atoms. The summed E-state index contributed by atoms with van der Waals surface area (Å²) in [6.07, 6.45) is 3.92. The minimum absolute atomic E-state index is 0.252. The summed E-state index contributed by atoms with van der Waals surface area (Å²) < 4.78 is 17.5. The van der Waals surface area contributed by atoms with Gasteiger partial charge in [0.2, 0.25) is 0 Å². The molecular weight excluding hydrogens is 366 g/mol. The molecule has 0 spiro atoms. The number of piperidine rings is 1. The monoisotopic (exact) mass is 395 g/mol. The zero-order valence-electron chi connectivity index (χ0n) is 17.4. The largest absolute Gasteiger partial charge is 0.493 e. The number of esters is 1. The summed E-state index contributed by atoms with van der Waals surface area (Å²) in [4.78, 5) is 15.3. The van der Waals surface area contributed by atoms with Crippen molar-refractivity contribution in [3.63, 3.8) is 0 Å². The molecule has 3 unspecified atom stereocenters. The van der Waals surface area contributed by atoms with E-state index in [4.69, 9.17) is 14.2 Å². The van der Waals surface area contributed by atoms with Crippen LogP contribution in [0.5, 0.6) is 11.5 Å². The predicted molar refractivity (Wildman–Crippen MR) is 112 cm³/mol. The number of methoxy groups -OCH3 is 2. The van der Waals surface area contributed by atoms with E-state index in [-0.39, 0.29) is 17.5 Å². The molecule has 0 aromatic heterocycles. The number of hydrogen-bond acceptors (Lipinski definition) is 5. The minimum atomic E-state index is -0.278. The molecule has 1 saturated carbocycles. The topological polar surface area (TPSA) is 48.0 Å². The Morgan fingerprint density at radius 3 is 2.59 bits per heavy atom. The number of rotatable bonds is 5. The van der Waals surface area contributed by atoms with Crippen molar-refractivity contribution < 1.29 is 19.0 Å². The highest BCUT2D eigenvalue weighted by Crippen LogP contribution is 2.52. The summed E-state index contributed by atoms with van der Waals surface area (Å²) in [7, 11) is 5.47. The third-order valence-corrected chi connectivity index (χ3v) is 6.65. The van der Waals surface area contributed by atoms with Crippen molar-refractivity contribution in [1.29, 1.82) is 0 Å². The lowest BCUT2D eigenvalue weighted by Crippen LogP contribution is -2.60. The summed E-state index contributed by atoms with van der Waals surface area (Å²) in [5, 5.41) is 0. The Balaban J connectivity index is 1.76. The zero-order chi connectivity index (χ0) is 20.4. The molecule has 154 valence electrons. The zero-order valence-corrected chi connectivity index (χ0v) is 17.4. The van der Waals surface area contributed by atoms with Gasteiger partial charge in [0.25, 0.3) is 0 Å². The maximum Gasteiger partial charge on any atom is 0.338 e. The van der Waals surface area contributed by atoms with Gasteiger partial charge in [-0.3, -0.25) is 4.90 Å². The summed E-state index contributed by atoms with van der Waals surface area (Å²) in [5.74, 6) is 1.20. The molecule has 4 rings (SSSR count). The molecule has 1 heterocycles. The van der Waals surface area contributed by atoms with E-state index in [1.165, 1.54) is 6.42 Å². The van der Waals surface area contributed by atoms with Crippen LogP contribution >= 0.6 is 0 Å². The van der Waals surface area contributed by atoms with Crippen LogP contribution in [0.25, 0.3) is 0 Å². The van der Waals surface area contributed by atoms with E-state index < -0.39 is 0 Å². The smallest absolute Gasteiger partial charge is 0.338 e. The summed E-state index contributed by atoms with van der Waals surface area (Å²) in [6.45, 7) is 0.712. The van der Waals surface area contributed by atoms with Gasteiger partial charge in [-0.1, -0.05) is 36.8 Å². The van der Waals surface area contributed by atoms with E-state index >= 15 is 0 Å². The molecule has 2 aromatic carbocycles. The van der Waals surface area contributed by atoms with E-state index in [0.717, 1.165) is 30.6 Å². The number of benzene rings is 2. The molecule has 0 N–H and O–H groups in total. The summed E-state index contributed by atoms with van der Waals surface area (Å²) >= 11 is 0. The highest BCUT2D eigenvalue weighted by Gasteiger charge is 2.52. The van der Waals surface area contributed by atoms with Gasteiger partial charge in [-0.15, -0.1) is 0 Å². The van der Waals surface area contributed by atoms with Crippen molar-refractivity contribution >= 4 is 5.97 Å². The third-order valence-electron chi connectivity index (χ3n) is 6.65. The quantitative estimate of drug-likeness (QED) is 0.715. The molecule has 1 saturated heterocycles. The van der Waals surface area contributed by atoms with Gasteiger partial charge in [-0.25, -0.2) is 4.79 Å². The average Bonchev–Trinajstić information content (AvgIpc) is 2.77. The number of likely N-dealkylation sites (N-methyl/N-ethyl adjacent to an activating group) is 1. The van der Waals surface area contributed by atoms with Gasteiger partial charge in [0.05, 0.1) is 19.8 Å². The summed E-state index contributed by atoms with van der Waals surface area (Å²) in [6, 6.07) is 15.7. The van der Waals surface area contributed by atoms with Gasteiger partial charge in [0.1, 0.15) is 6.10 Å². The molecule has 5 heteroatoms.